The number of dihydropyridines is 1. The molecule has 2 N–H and O–H groups in total. The Morgan fingerprint density at radius 3 is 2.67 bits per heavy atom. The molecule has 0 bridgehead atoms. The molecular formula is C19H16FNO3. The number of nitrogens with one attached hydrogen (secondary N) is 1. The minimum absolute atomic E-state index is 0.237. The monoisotopic (exact) mass is 325 g/mol. The van der Waals surface area contributed by atoms with Crippen LogP contribution in [0.25, 0.3) is 5.57 Å². The van der Waals surface area contributed by atoms with Crippen LogP contribution < -0.4 is 10.1 Å². The number of alkyl halides is 1. The molecule has 3 rings (SSSR count). The van der Waals surface area contributed by atoms with E-state index in [1.807, 2.05) is 30.3 Å². The minimum atomic E-state index is -1.14. The summed E-state index contributed by atoms with van der Waals surface area (Å²) in [7, 11) is 0. The molecule has 0 spiro atoms. The molecule has 0 fully saturated rings. The second-order valence-corrected chi connectivity index (χ2v) is 5.35. The van der Waals surface area contributed by atoms with Gasteiger partial charge in [-0.3, -0.25) is 0 Å². The van der Waals surface area contributed by atoms with E-state index in [0.717, 1.165) is 16.7 Å². The van der Waals surface area contributed by atoms with Crippen LogP contribution in [0, 0.1) is 0 Å². The first-order valence-corrected chi connectivity index (χ1v) is 7.46. The molecule has 1 aliphatic heterocycles. The molecule has 1 aliphatic rings. The number of rotatable bonds is 5. The molecule has 2 aromatic carbocycles. The van der Waals surface area contributed by atoms with Gasteiger partial charge in [-0.25, -0.2) is 9.18 Å². The van der Waals surface area contributed by atoms with E-state index in [9.17, 15) is 9.18 Å². The molecule has 0 amide bonds. The molecule has 5 heteroatoms. The lowest BCUT2D eigenvalue weighted by Gasteiger charge is -2.13. The lowest BCUT2D eigenvalue weighted by Crippen LogP contribution is -2.18. The van der Waals surface area contributed by atoms with E-state index in [0.29, 0.717) is 5.75 Å². The van der Waals surface area contributed by atoms with Gasteiger partial charge >= 0.3 is 5.97 Å². The van der Waals surface area contributed by atoms with Crippen LogP contribution in [0.15, 0.2) is 66.9 Å². The van der Waals surface area contributed by atoms with Crippen LogP contribution in [-0.4, -0.2) is 17.4 Å². The van der Waals surface area contributed by atoms with Crippen molar-refractivity contribution in [2.75, 3.05) is 0 Å². The predicted molar refractivity (Wildman–Crippen MR) is 89.3 cm³/mol. The molecule has 0 saturated carbocycles. The Bertz CT molecular complexity index is 797. The van der Waals surface area contributed by atoms with Gasteiger partial charge in [0.25, 0.3) is 0 Å². The lowest BCUT2D eigenvalue weighted by atomic mass is 10.0. The van der Waals surface area contributed by atoms with Crippen molar-refractivity contribution in [1.29, 1.82) is 0 Å². The molecule has 122 valence electrons. The number of ether oxygens (including phenoxy) is 1. The molecule has 24 heavy (non-hydrogen) atoms. The SMILES string of the molecule is O=C(O)c1cccc(COc2ccc(C3=CNC(F)C=C3)cc2)c1. The highest BCUT2D eigenvalue weighted by Crippen LogP contribution is 2.22. The van der Waals surface area contributed by atoms with E-state index in [4.69, 9.17) is 9.84 Å². The standard InChI is InChI=1S/C19H16FNO3/c20-18-9-6-16(11-21-18)14-4-7-17(8-5-14)24-12-13-2-1-3-15(10-13)19(22)23/h1-11,18,21H,12H2,(H,22,23). The van der Waals surface area contributed by atoms with Gasteiger partial charge in [-0.05, 0) is 47.0 Å². The fourth-order valence-electron chi connectivity index (χ4n) is 2.35. The Kier molecular flexibility index (Phi) is 4.61. The third-order valence-electron chi connectivity index (χ3n) is 3.61. The first kappa shape index (κ1) is 15.8. The van der Waals surface area contributed by atoms with Gasteiger partial charge in [-0.1, -0.05) is 30.3 Å². The maximum absolute atomic E-state index is 13.0. The van der Waals surface area contributed by atoms with Gasteiger partial charge in [-0.2, -0.15) is 0 Å². The largest absolute Gasteiger partial charge is 0.489 e. The summed E-state index contributed by atoms with van der Waals surface area (Å²) >= 11 is 0. The average molecular weight is 325 g/mol. The number of benzene rings is 2. The highest BCUT2D eigenvalue weighted by Gasteiger charge is 2.07. The number of halogens is 1. The van der Waals surface area contributed by atoms with Crippen molar-refractivity contribution in [2.24, 2.45) is 0 Å². The Labute approximate surface area is 138 Å². The second kappa shape index (κ2) is 7.00. The predicted octanol–water partition coefficient (Wildman–Crippen LogP) is 3.76. The number of carboxylic acid groups (broad SMARTS) is 1. The van der Waals surface area contributed by atoms with Gasteiger partial charge in [0.1, 0.15) is 12.4 Å². The molecule has 4 nitrogen and oxygen atoms in total. The zero-order valence-corrected chi connectivity index (χ0v) is 12.8. The maximum Gasteiger partial charge on any atom is 0.335 e. The molecule has 0 aliphatic carbocycles. The highest BCUT2D eigenvalue weighted by atomic mass is 19.1. The lowest BCUT2D eigenvalue weighted by molar-refractivity contribution is 0.0696. The fraction of sp³-hybridized carbons (Fsp3) is 0.105. The van der Waals surface area contributed by atoms with Gasteiger partial charge in [0, 0.05) is 6.20 Å². The van der Waals surface area contributed by atoms with Crippen LogP contribution in [0.4, 0.5) is 4.39 Å². The van der Waals surface area contributed by atoms with Crippen LogP contribution in [-0.2, 0) is 6.61 Å². The zero-order valence-electron chi connectivity index (χ0n) is 12.8. The zero-order chi connectivity index (χ0) is 16.9. The van der Waals surface area contributed by atoms with Crippen molar-refractivity contribution in [3.8, 4) is 5.75 Å². The fourth-order valence-corrected chi connectivity index (χ4v) is 2.35. The summed E-state index contributed by atoms with van der Waals surface area (Å²) in [6, 6.07) is 14.1. The van der Waals surface area contributed by atoms with E-state index in [2.05, 4.69) is 5.32 Å². The first-order valence-electron chi connectivity index (χ1n) is 7.46. The average Bonchev–Trinajstić information content (AvgIpc) is 2.61. The van der Waals surface area contributed by atoms with Crippen LogP contribution in [0.1, 0.15) is 21.5 Å². The van der Waals surface area contributed by atoms with Gasteiger partial charge in [0.05, 0.1) is 5.56 Å². The third-order valence-corrected chi connectivity index (χ3v) is 3.61. The molecule has 1 unspecified atom stereocenters. The van der Waals surface area contributed by atoms with Crippen LogP contribution in [0.5, 0.6) is 5.75 Å². The topological polar surface area (TPSA) is 58.6 Å². The van der Waals surface area contributed by atoms with Gasteiger partial charge in [0.15, 0.2) is 6.30 Å². The number of carbonyl (C=O) groups is 1. The van der Waals surface area contributed by atoms with Crippen LogP contribution in [0.2, 0.25) is 0 Å². The van der Waals surface area contributed by atoms with Crippen molar-refractivity contribution in [2.45, 2.75) is 12.9 Å². The summed E-state index contributed by atoms with van der Waals surface area (Å²) in [5.41, 5.74) is 2.87. The van der Waals surface area contributed by atoms with E-state index in [1.165, 1.54) is 6.08 Å². The Morgan fingerprint density at radius 1 is 1.21 bits per heavy atom. The summed E-state index contributed by atoms with van der Waals surface area (Å²) in [5.74, 6) is -0.282. The van der Waals surface area contributed by atoms with E-state index >= 15 is 0 Å². The summed E-state index contributed by atoms with van der Waals surface area (Å²) in [6.45, 7) is 0.286. The smallest absolute Gasteiger partial charge is 0.335 e. The summed E-state index contributed by atoms with van der Waals surface area (Å²) in [6.07, 6.45) is 3.68. The number of carboxylic acids is 1. The number of aromatic carboxylic acids is 1. The first-order chi connectivity index (χ1) is 11.6. The number of hydrogen-bond acceptors (Lipinski definition) is 3. The minimum Gasteiger partial charge on any atom is -0.489 e. The normalized spacial score (nSPS) is 16.2. The maximum atomic E-state index is 13.0. The highest BCUT2D eigenvalue weighted by molar-refractivity contribution is 5.87. The quantitative estimate of drug-likeness (QED) is 0.822. The van der Waals surface area contributed by atoms with Gasteiger partial charge in [0.2, 0.25) is 0 Å². The molecule has 2 aromatic rings. The van der Waals surface area contributed by atoms with Crippen LogP contribution >= 0.6 is 0 Å². The van der Waals surface area contributed by atoms with E-state index < -0.39 is 12.3 Å². The molecular weight excluding hydrogens is 309 g/mol. The molecule has 0 saturated heterocycles. The van der Waals surface area contributed by atoms with Crippen molar-refractivity contribution < 1.29 is 19.0 Å². The Morgan fingerprint density at radius 2 is 2.00 bits per heavy atom. The number of allylic oxidation sites excluding steroid dienone is 2. The summed E-state index contributed by atoms with van der Waals surface area (Å²) in [4.78, 5) is 11.0. The number of hydrogen-bond donors (Lipinski definition) is 2. The molecule has 1 heterocycles. The van der Waals surface area contributed by atoms with Crippen LogP contribution in [0.3, 0.4) is 0 Å². The third kappa shape index (κ3) is 3.81. The van der Waals surface area contributed by atoms with E-state index in [1.54, 1.807) is 30.5 Å². The van der Waals surface area contributed by atoms with Crippen molar-refractivity contribution >= 4 is 11.5 Å². The second-order valence-electron chi connectivity index (χ2n) is 5.35. The summed E-state index contributed by atoms with van der Waals surface area (Å²) < 4.78 is 18.7. The van der Waals surface area contributed by atoms with Crippen molar-refractivity contribution in [1.82, 2.24) is 5.32 Å². The molecule has 0 aromatic heterocycles. The van der Waals surface area contributed by atoms with Crippen molar-refractivity contribution in [3.05, 3.63) is 83.6 Å². The van der Waals surface area contributed by atoms with Gasteiger partial charge < -0.3 is 15.2 Å². The Hall–Kier alpha value is -3.08. The Balaban J connectivity index is 1.64. The van der Waals surface area contributed by atoms with Crippen molar-refractivity contribution in [3.63, 3.8) is 0 Å². The summed E-state index contributed by atoms with van der Waals surface area (Å²) in [5, 5.41) is 11.6. The van der Waals surface area contributed by atoms with E-state index in [-0.39, 0.29) is 12.2 Å². The van der Waals surface area contributed by atoms with Gasteiger partial charge in [-0.15, -0.1) is 0 Å². The molecule has 1 atom stereocenters. The molecule has 0 radical (unpaired) electrons.